The topological polar surface area (TPSA) is 41.1 Å². The van der Waals surface area contributed by atoms with Crippen molar-refractivity contribution in [3.63, 3.8) is 0 Å². The number of carbonyl (C=O) groups excluding carboxylic acids is 1. The summed E-state index contributed by atoms with van der Waals surface area (Å²) >= 11 is 0. The molecule has 0 aromatic rings. The van der Waals surface area contributed by atoms with Crippen molar-refractivity contribution >= 4 is 6.03 Å². The molecule has 2 amide bonds. The van der Waals surface area contributed by atoms with E-state index in [1.54, 1.807) is 12.2 Å². The fourth-order valence-electron chi connectivity index (χ4n) is 0.490. The van der Waals surface area contributed by atoms with Crippen molar-refractivity contribution in [2.45, 2.75) is 26.1 Å². The van der Waals surface area contributed by atoms with Crippen molar-refractivity contribution in [1.82, 2.24) is 10.6 Å². The van der Waals surface area contributed by atoms with Crippen LogP contribution in [0.4, 0.5) is 18.0 Å². The second-order valence-electron chi connectivity index (χ2n) is 2.27. The molecule has 0 aromatic carbocycles. The van der Waals surface area contributed by atoms with Gasteiger partial charge in [-0.05, 0) is 13.8 Å². The lowest BCUT2D eigenvalue weighted by molar-refractivity contribution is -0.148. The van der Waals surface area contributed by atoms with Gasteiger partial charge in [-0.2, -0.15) is 13.2 Å². The van der Waals surface area contributed by atoms with Crippen LogP contribution in [0, 0.1) is 0 Å². The molecule has 0 bridgehead atoms. The summed E-state index contributed by atoms with van der Waals surface area (Å²) in [6, 6.07) is -2.62. The molecule has 3 nitrogen and oxygen atoms in total. The third-order valence-electron chi connectivity index (χ3n) is 1.18. The van der Waals surface area contributed by atoms with Crippen molar-refractivity contribution in [1.29, 1.82) is 0 Å². The van der Waals surface area contributed by atoms with E-state index in [0.29, 0.717) is 6.54 Å². The van der Waals surface area contributed by atoms with Crippen molar-refractivity contribution in [3.05, 3.63) is 0 Å². The first-order valence-electron chi connectivity index (χ1n) is 3.49. The predicted octanol–water partition coefficient (Wildman–Crippen LogP) is 1.26. The number of urea groups is 1. The Morgan fingerprint density at radius 3 is 2.33 bits per heavy atom. The van der Waals surface area contributed by atoms with Crippen LogP contribution in [0.5, 0.6) is 0 Å². The second-order valence-corrected chi connectivity index (χ2v) is 2.27. The molecule has 0 saturated carbocycles. The summed E-state index contributed by atoms with van der Waals surface area (Å²) in [7, 11) is 0. The third kappa shape index (κ3) is 4.05. The van der Waals surface area contributed by atoms with Gasteiger partial charge in [0.1, 0.15) is 6.04 Å². The monoisotopic (exact) mass is 184 g/mol. The van der Waals surface area contributed by atoms with Gasteiger partial charge < -0.3 is 10.6 Å². The summed E-state index contributed by atoms with van der Waals surface area (Å²) in [6.45, 7) is 2.81. The van der Waals surface area contributed by atoms with Gasteiger partial charge in [0.2, 0.25) is 0 Å². The number of hydrogen-bond donors (Lipinski definition) is 2. The molecule has 0 fully saturated rings. The van der Waals surface area contributed by atoms with E-state index in [-0.39, 0.29) is 0 Å². The normalized spacial score (nSPS) is 13.8. The van der Waals surface area contributed by atoms with Crippen LogP contribution >= 0.6 is 0 Å². The standard InChI is InChI=1S/C6H11F3N2O/c1-3-10-5(12)11-4(2)6(7,8)9/h4H,3H2,1-2H3,(H2,10,11,12). The first-order valence-corrected chi connectivity index (χ1v) is 3.49. The molecule has 0 rings (SSSR count). The number of halogens is 3. The van der Waals surface area contributed by atoms with E-state index in [1.807, 2.05) is 0 Å². The highest BCUT2D eigenvalue weighted by molar-refractivity contribution is 5.74. The van der Waals surface area contributed by atoms with Crippen molar-refractivity contribution in [3.8, 4) is 0 Å². The zero-order valence-corrected chi connectivity index (χ0v) is 6.83. The zero-order valence-electron chi connectivity index (χ0n) is 6.83. The van der Waals surface area contributed by atoms with Crippen LogP contribution in [0.3, 0.4) is 0 Å². The smallest absolute Gasteiger partial charge is 0.338 e. The van der Waals surface area contributed by atoms with Crippen LogP contribution in [0.15, 0.2) is 0 Å². The minimum absolute atomic E-state index is 0.302. The van der Waals surface area contributed by atoms with Gasteiger partial charge in [0, 0.05) is 6.54 Å². The molecule has 1 atom stereocenters. The average molecular weight is 184 g/mol. The fraction of sp³-hybridized carbons (Fsp3) is 0.833. The molecule has 0 spiro atoms. The van der Waals surface area contributed by atoms with E-state index in [0.717, 1.165) is 6.92 Å². The molecule has 0 heterocycles. The minimum Gasteiger partial charge on any atom is -0.338 e. The molecule has 0 aliphatic heterocycles. The summed E-state index contributed by atoms with van der Waals surface area (Å²) in [4.78, 5) is 10.6. The number of nitrogens with one attached hydrogen (secondary N) is 2. The van der Waals surface area contributed by atoms with Gasteiger partial charge in [-0.3, -0.25) is 0 Å². The number of carbonyl (C=O) groups is 1. The number of alkyl halides is 3. The molecule has 1 unspecified atom stereocenters. The Bertz CT molecular complexity index is 157. The number of amides is 2. The first kappa shape index (κ1) is 11.1. The van der Waals surface area contributed by atoms with Gasteiger partial charge in [0.15, 0.2) is 0 Å². The van der Waals surface area contributed by atoms with Gasteiger partial charge in [-0.25, -0.2) is 4.79 Å². The third-order valence-corrected chi connectivity index (χ3v) is 1.18. The Morgan fingerprint density at radius 1 is 1.50 bits per heavy atom. The lowest BCUT2D eigenvalue weighted by atomic mass is 10.3. The molecule has 0 aliphatic carbocycles. The van der Waals surface area contributed by atoms with Gasteiger partial charge in [0.05, 0.1) is 0 Å². The Balaban J connectivity index is 3.84. The van der Waals surface area contributed by atoms with Crippen LogP contribution in [-0.2, 0) is 0 Å². The highest BCUT2D eigenvalue weighted by atomic mass is 19.4. The molecular formula is C6H11F3N2O. The highest BCUT2D eigenvalue weighted by Gasteiger charge is 2.36. The van der Waals surface area contributed by atoms with Gasteiger partial charge in [-0.1, -0.05) is 0 Å². The van der Waals surface area contributed by atoms with Crippen LogP contribution in [-0.4, -0.2) is 24.8 Å². The van der Waals surface area contributed by atoms with Crippen LogP contribution in [0.25, 0.3) is 0 Å². The molecule has 2 N–H and O–H groups in total. The Kier molecular flexibility index (Phi) is 3.85. The second kappa shape index (κ2) is 4.18. The maximum atomic E-state index is 11.8. The number of rotatable bonds is 2. The van der Waals surface area contributed by atoms with E-state index < -0.39 is 18.2 Å². The predicted molar refractivity (Wildman–Crippen MR) is 37.7 cm³/mol. The Hall–Kier alpha value is -0.940. The van der Waals surface area contributed by atoms with Crippen LogP contribution in [0.1, 0.15) is 13.8 Å². The zero-order chi connectivity index (χ0) is 9.78. The SMILES string of the molecule is CCNC(=O)NC(C)C(F)(F)F. The average Bonchev–Trinajstić information content (AvgIpc) is 1.85. The highest BCUT2D eigenvalue weighted by Crippen LogP contribution is 2.19. The summed E-state index contributed by atoms with van der Waals surface area (Å²) < 4.78 is 35.4. The molecule has 0 saturated heterocycles. The van der Waals surface area contributed by atoms with Gasteiger partial charge in [0.25, 0.3) is 0 Å². The summed E-state index contributed by atoms with van der Waals surface area (Å²) in [5.74, 6) is 0. The van der Waals surface area contributed by atoms with Crippen molar-refractivity contribution < 1.29 is 18.0 Å². The Labute approximate surface area is 68.3 Å². The van der Waals surface area contributed by atoms with Gasteiger partial charge in [-0.15, -0.1) is 0 Å². The quantitative estimate of drug-likeness (QED) is 0.666. The molecule has 6 heteroatoms. The summed E-state index contributed by atoms with van der Waals surface area (Å²) in [5.41, 5.74) is 0. The number of hydrogen-bond acceptors (Lipinski definition) is 1. The molecular weight excluding hydrogens is 173 g/mol. The molecule has 0 radical (unpaired) electrons. The fourth-order valence-corrected chi connectivity index (χ4v) is 0.490. The van der Waals surface area contributed by atoms with Crippen LogP contribution < -0.4 is 10.6 Å². The van der Waals surface area contributed by atoms with E-state index in [1.165, 1.54) is 0 Å². The molecule has 12 heavy (non-hydrogen) atoms. The van der Waals surface area contributed by atoms with Gasteiger partial charge >= 0.3 is 12.2 Å². The first-order chi connectivity index (χ1) is 5.38. The van der Waals surface area contributed by atoms with E-state index in [4.69, 9.17) is 0 Å². The maximum Gasteiger partial charge on any atom is 0.408 e. The maximum absolute atomic E-state index is 11.8. The van der Waals surface area contributed by atoms with Crippen LogP contribution in [0.2, 0.25) is 0 Å². The van der Waals surface area contributed by atoms with Crippen molar-refractivity contribution in [2.75, 3.05) is 6.54 Å². The summed E-state index contributed by atoms with van der Waals surface area (Å²) in [5, 5.41) is 3.94. The van der Waals surface area contributed by atoms with E-state index in [2.05, 4.69) is 5.32 Å². The largest absolute Gasteiger partial charge is 0.408 e. The molecule has 0 aromatic heterocycles. The lowest BCUT2D eigenvalue weighted by Crippen LogP contribution is -2.47. The minimum atomic E-state index is -4.38. The van der Waals surface area contributed by atoms with E-state index >= 15 is 0 Å². The molecule has 0 aliphatic rings. The van der Waals surface area contributed by atoms with Crippen molar-refractivity contribution in [2.24, 2.45) is 0 Å². The van der Waals surface area contributed by atoms with E-state index in [9.17, 15) is 18.0 Å². The molecule has 72 valence electrons. The lowest BCUT2D eigenvalue weighted by Gasteiger charge is -2.16. The summed E-state index contributed by atoms with van der Waals surface area (Å²) in [6.07, 6.45) is -4.38. The Morgan fingerprint density at radius 2 is 2.00 bits per heavy atom.